The molecule has 0 radical (unpaired) electrons. The molecule has 0 saturated heterocycles. The Morgan fingerprint density at radius 1 is 1.47 bits per heavy atom. The highest BCUT2D eigenvalue weighted by Gasteiger charge is 2.18. The van der Waals surface area contributed by atoms with Crippen molar-refractivity contribution in [2.45, 2.75) is 26.8 Å². The number of ketones is 1. The molecule has 1 heterocycles. The lowest BCUT2D eigenvalue weighted by atomic mass is 10.1. The summed E-state index contributed by atoms with van der Waals surface area (Å²) in [5.74, 6) is -0.922. The second-order valence-electron chi connectivity index (χ2n) is 4.29. The Balaban J connectivity index is 2.31. The first kappa shape index (κ1) is 13.7. The number of benzene rings is 1. The van der Waals surface area contributed by atoms with Crippen LogP contribution in [0.2, 0.25) is 5.02 Å². The minimum Gasteiger partial charge on any atom is -0.294 e. The second-order valence-corrected chi connectivity index (χ2v) is 4.70. The van der Waals surface area contributed by atoms with Gasteiger partial charge in [-0.3, -0.25) is 9.48 Å². The number of aromatic nitrogens is 2. The van der Waals surface area contributed by atoms with Gasteiger partial charge < -0.3 is 0 Å². The largest absolute Gasteiger partial charge is 0.294 e. The predicted octanol–water partition coefficient (Wildman–Crippen LogP) is 3.43. The molecule has 3 nitrogen and oxygen atoms in total. The van der Waals surface area contributed by atoms with E-state index in [-0.39, 0.29) is 22.8 Å². The molecule has 0 fully saturated rings. The fourth-order valence-corrected chi connectivity index (χ4v) is 2.30. The summed E-state index contributed by atoms with van der Waals surface area (Å²) < 4.78 is 15.4. The zero-order valence-corrected chi connectivity index (χ0v) is 11.5. The van der Waals surface area contributed by atoms with E-state index in [0.717, 1.165) is 11.4 Å². The van der Waals surface area contributed by atoms with Gasteiger partial charge in [-0.2, -0.15) is 5.10 Å². The van der Waals surface area contributed by atoms with Gasteiger partial charge in [0.2, 0.25) is 0 Å². The summed E-state index contributed by atoms with van der Waals surface area (Å²) >= 11 is 5.89. The molecule has 1 aromatic carbocycles. The third kappa shape index (κ3) is 2.84. The Kier molecular flexibility index (Phi) is 4.00. The minimum atomic E-state index is -0.586. The third-order valence-electron chi connectivity index (χ3n) is 2.87. The predicted molar refractivity (Wildman–Crippen MR) is 72.1 cm³/mol. The van der Waals surface area contributed by atoms with E-state index in [1.165, 1.54) is 18.2 Å². The lowest BCUT2D eigenvalue weighted by Gasteiger charge is -2.06. The van der Waals surface area contributed by atoms with Gasteiger partial charge in [0.05, 0.1) is 22.7 Å². The molecule has 0 amide bonds. The van der Waals surface area contributed by atoms with E-state index in [4.69, 9.17) is 11.6 Å². The number of Topliss-reactive ketones (excluding diaryl/α,β-unsaturated/α-hetero) is 1. The standard InChI is InChI=1S/C14H14ClFN2O/c1-3-18-10(7-9(2)17-18)8-13(19)14-11(15)5-4-6-12(14)16/h4-7H,3,8H2,1-2H3. The molecule has 1 aromatic heterocycles. The van der Waals surface area contributed by atoms with Gasteiger partial charge in [0.1, 0.15) is 5.82 Å². The van der Waals surface area contributed by atoms with E-state index in [2.05, 4.69) is 5.10 Å². The number of carbonyl (C=O) groups is 1. The summed E-state index contributed by atoms with van der Waals surface area (Å²) in [6.07, 6.45) is 0.0926. The lowest BCUT2D eigenvalue weighted by molar-refractivity contribution is 0.0987. The van der Waals surface area contributed by atoms with Crippen LogP contribution in [-0.4, -0.2) is 15.6 Å². The van der Waals surface area contributed by atoms with Gasteiger partial charge >= 0.3 is 0 Å². The molecule has 0 saturated carbocycles. The average Bonchev–Trinajstić information content (AvgIpc) is 2.69. The Bertz CT molecular complexity index is 602. The number of rotatable bonds is 4. The molecule has 2 aromatic rings. The van der Waals surface area contributed by atoms with Gasteiger partial charge in [-0.05, 0) is 32.0 Å². The fourth-order valence-electron chi connectivity index (χ4n) is 2.03. The monoisotopic (exact) mass is 280 g/mol. The molecule has 100 valence electrons. The first-order valence-corrected chi connectivity index (χ1v) is 6.41. The topological polar surface area (TPSA) is 34.9 Å². The van der Waals surface area contributed by atoms with Crippen molar-refractivity contribution in [1.29, 1.82) is 0 Å². The fraction of sp³-hybridized carbons (Fsp3) is 0.286. The molecular formula is C14H14ClFN2O. The van der Waals surface area contributed by atoms with Gasteiger partial charge in [-0.15, -0.1) is 0 Å². The smallest absolute Gasteiger partial charge is 0.173 e. The first-order valence-electron chi connectivity index (χ1n) is 6.03. The summed E-state index contributed by atoms with van der Waals surface area (Å²) in [4.78, 5) is 12.2. The lowest BCUT2D eigenvalue weighted by Crippen LogP contribution is -2.11. The van der Waals surface area contributed by atoms with E-state index < -0.39 is 5.82 Å². The van der Waals surface area contributed by atoms with Crippen LogP contribution in [0.15, 0.2) is 24.3 Å². The highest BCUT2D eigenvalue weighted by molar-refractivity contribution is 6.34. The van der Waals surface area contributed by atoms with Gasteiger partial charge in [0.25, 0.3) is 0 Å². The highest BCUT2D eigenvalue weighted by Crippen LogP contribution is 2.21. The number of hydrogen-bond acceptors (Lipinski definition) is 2. The Morgan fingerprint density at radius 3 is 2.84 bits per heavy atom. The molecular weight excluding hydrogens is 267 g/mol. The highest BCUT2D eigenvalue weighted by atomic mass is 35.5. The van der Waals surface area contributed by atoms with E-state index in [1.807, 2.05) is 19.9 Å². The zero-order valence-electron chi connectivity index (χ0n) is 10.8. The second kappa shape index (κ2) is 5.53. The van der Waals surface area contributed by atoms with Gasteiger partial charge in [0, 0.05) is 12.2 Å². The van der Waals surface area contributed by atoms with E-state index in [9.17, 15) is 9.18 Å². The molecule has 0 atom stereocenters. The van der Waals surface area contributed by atoms with Gasteiger partial charge in [0.15, 0.2) is 5.78 Å². The summed E-state index contributed by atoms with van der Waals surface area (Å²) in [6.45, 7) is 4.47. The van der Waals surface area contributed by atoms with E-state index in [0.29, 0.717) is 6.54 Å². The van der Waals surface area contributed by atoms with Crippen LogP contribution in [-0.2, 0) is 13.0 Å². The Labute approximate surface area is 116 Å². The van der Waals surface area contributed by atoms with Crippen LogP contribution in [0.3, 0.4) is 0 Å². The van der Waals surface area contributed by atoms with Crippen LogP contribution in [0.25, 0.3) is 0 Å². The van der Waals surface area contributed by atoms with Crippen molar-refractivity contribution in [2.24, 2.45) is 0 Å². The normalized spacial score (nSPS) is 10.7. The van der Waals surface area contributed by atoms with Crippen molar-refractivity contribution in [3.05, 3.63) is 52.1 Å². The molecule has 5 heteroatoms. The maximum atomic E-state index is 13.7. The molecule has 0 bridgehead atoms. The van der Waals surface area contributed by atoms with Crippen molar-refractivity contribution in [3.63, 3.8) is 0 Å². The summed E-state index contributed by atoms with van der Waals surface area (Å²) in [6, 6.07) is 6.06. The molecule has 0 aliphatic rings. The van der Waals surface area contributed by atoms with Crippen molar-refractivity contribution >= 4 is 17.4 Å². The summed E-state index contributed by atoms with van der Waals surface area (Å²) in [5, 5.41) is 4.40. The minimum absolute atomic E-state index is 0.0503. The Morgan fingerprint density at radius 2 is 2.21 bits per heavy atom. The maximum absolute atomic E-state index is 13.7. The molecule has 0 aliphatic carbocycles. The molecule has 0 spiro atoms. The third-order valence-corrected chi connectivity index (χ3v) is 3.18. The maximum Gasteiger partial charge on any atom is 0.173 e. The van der Waals surface area contributed by atoms with Gasteiger partial charge in [-0.1, -0.05) is 17.7 Å². The number of hydrogen-bond donors (Lipinski definition) is 0. The van der Waals surface area contributed by atoms with Crippen LogP contribution in [0, 0.1) is 12.7 Å². The SMILES string of the molecule is CCn1nc(C)cc1CC(=O)c1c(F)cccc1Cl. The zero-order chi connectivity index (χ0) is 14.0. The van der Waals surface area contributed by atoms with Crippen LogP contribution in [0.5, 0.6) is 0 Å². The molecule has 0 aliphatic heterocycles. The summed E-state index contributed by atoms with van der Waals surface area (Å²) in [7, 11) is 0. The van der Waals surface area contributed by atoms with Crippen LogP contribution in [0.1, 0.15) is 28.7 Å². The van der Waals surface area contributed by atoms with E-state index >= 15 is 0 Å². The van der Waals surface area contributed by atoms with E-state index in [1.54, 1.807) is 4.68 Å². The van der Waals surface area contributed by atoms with Crippen LogP contribution in [0.4, 0.5) is 4.39 Å². The number of halogens is 2. The van der Waals surface area contributed by atoms with Crippen molar-refractivity contribution < 1.29 is 9.18 Å². The Hall–Kier alpha value is -1.68. The van der Waals surface area contributed by atoms with Crippen molar-refractivity contribution in [1.82, 2.24) is 9.78 Å². The molecule has 0 unspecified atom stereocenters. The van der Waals surface area contributed by atoms with Crippen molar-refractivity contribution in [2.75, 3.05) is 0 Å². The molecule has 0 N–H and O–H groups in total. The van der Waals surface area contributed by atoms with Crippen LogP contribution >= 0.6 is 11.6 Å². The number of aryl methyl sites for hydroxylation is 2. The molecule has 19 heavy (non-hydrogen) atoms. The number of carbonyl (C=O) groups excluding carboxylic acids is 1. The molecule has 2 rings (SSSR count). The summed E-state index contributed by atoms with van der Waals surface area (Å²) in [5.41, 5.74) is 1.55. The average molecular weight is 281 g/mol. The van der Waals surface area contributed by atoms with Crippen LogP contribution < -0.4 is 0 Å². The number of nitrogens with zero attached hydrogens (tertiary/aromatic N) is 2. The van der Waals surface area contributed by atoms with Crippen molar-refractivity contribution in [3.8, 4) is 0 Å². The van der Waals surface area contributed by atoms with Gasteiger partial charge in [-0.25, -0.2) is 4.39 Å². The quantitative estimate of drug-likeness (QED) is 0.804. The first-order chi connectivity index (χ1) is 9.02.